The Hall–Kier alpha value is -2.99. The van der Waals surface area contributed by atoms with Crippen molar-refractivity contribution in [2.24, 2.45) is 0 Å². The van der Waals surface area contributed by atoms with Crippen LogP contribution in [0.4, 0.5) is 24.5 Å². The van der Waals surface area contributed by atoms with Crippen molar-refractivity contribution >= 4 is 33.7 Å². The van der Waals surface area contributed by atoms with Crippen molar-refractivity contribution in [1.29, 1.82) is 0 Å². The average molecular weight is 555 g/mol. The largest absolute Gasteiger partial charge is 0.415 e. The Morgan fingerprint density at radius 2 is 1.97 bits per heavy atom. The molecule has 0 saturated carbocycles. The van der Waals surface area contributed by atoms with Gasteiger partial charge in [-0.2, -0.15) is 8.78 Å². The fourth-order valence-electron chi connectivity index (χ4n) is 3.50. The summed E-state index contributed by atoms with van der Waals surface area (Å²) in [4.78, 5) is 19.1. The summed E-state index contributed by atoms with van der Waals surface area (Å²) >= 11 is 3.08. The van der Waals surface area contributed by atoms with Gasteiger partial charge in [0.05, 0.1) is 33.6 Å². The van der Waals surface area contributed by atoms with Crippen LogP contribution in [0.1, 0.15) is 37.3 Å². The standard InChI is InChI=1S/C17H13BrF3N5O2.C6H13N/c1-26(14-5-12(19)11(18)4-13(14)23-8-27)7-10-3-2-9(6-22-10)16-24-25-17(28-16)15(20)21;1-7-5-3-2-4-6-7/h2-6,8,15H,7H2,1H3,(H,23,27);2-6H2,1H3. The third kappa shape index (κ3) is 7.49. The molecule has 1 N–H and O–H groups in total. The summed E-state index contributed by atoms with van der Waals surface area (Å²) in [6.45, 7) is 2.93. The highest BCUT2D eigenvalue weighted by Gasteiger charge is 2.17. The number of amides is 1. The van der Waals surface area contributed by atoms with Gasteiger partial charge in [-0.1, -0.05) is 6.42 Å². The second-order valence-electron chi connectivity index (χ2n) is 8.05. The molecule has 0 spiro atoms. The average Bonchev–Trinajstić information content (AvgIpc) is 3.34. The number of hydrogen-bond donors (Lipinski definition) is 1. The lowest BCUT2D eigenvalue weighted by molar-refractivity contribution is -0.105. The number of aromatic nitrogens is 3. The number of alkyl halides is 2. The maximum atomic E-state index is 13.9. The molecule has 2 aromatic heterocycles. The van der Waals surface area contributed by atoms with Crippen molar-refractivity contribution in [3.8, 4) is 11.5 Å². The predicted octanol–water partition coefficient (Wildman–Crippen LogP) is 5.28. The first-order chi connectivity index (χ1) is 16.8. The molecular formula is C23H26BrF3N6O2. The molecule has 1 saturated heterocycles. The van der Waals surface area contributed by atoms with Crippen LogP contribution in [0.25, 0.3) is 11.5 Å². The number of carbonyl (C=O) groups is 1. The normalized spacial score (nSPS) is 13.8. The van der Waals surface area contributed by atoms with E-state index in [4.69, 9.17) is 4.42 Å². The lowest BCUT2D eigenvalue weighted by atomic mass is 10.1. The van der Waals surface area contributed by atoms with Crippen LogP contribution in [0.3, 0.4) is 0 Å². The number of piperidine rings is 1. The molecule has 0 bridgehead atoms. The molecule has 12 heteroatoms. The minimum Gasteiger partial charge on any atom is -0.415 e. The van der Waals surface area contributed by atoms with E-state index in [2.05, 4.69) is 48.4 Å². The summed E-state index contributed by atoms with van der Waals surface area (Å²) in [5, 5.41) is 9.35. The second-order valence-corrected chi connectivity index (χ2v) is 8.90. The molecule has 1 aromatic carbocycles. The van der Waals surface area contributed by atoms with Crippen LogP contribution in [-0.4, -0.2) is 53.7 Å². The van der Waals surface area contributed by atoms with Gasteiger partial charge in [0.15, 0.2) is 0 Å². The molecule has 0 aliphatic carbocycles. The SMILES string of the molecule is CN(Cc1ccc(-c2nnc(C(F)F)o2)cn1)c1cc(F)c(Br)cc1NC=O.CN1CCCCC1. The highest BCUT2D eigenvalue weighted by atomic mass is 79.9. The lowest BCUT2D eigenvalue weighted by Gasteiger charge is -2.22. The zero-order valence-electron chi connectivity index (χ0n) is 19.3. The quantitative estimate of drug-likeness (QED) is 0.397. The maximum Gasteiger partial charge on any atom is 0.314 e. The minimum absolute atomic E-state index is 0.0600. The van der Waals surface area contributed by atoms with Crippen LogP contribution in [0, 0.1) is 5.82 Å². The van der Waals surface area contributed by atoms with Crippen molar-refractivity contribution in [3.05, 3.63) is 52.3 Å². The van der Waals surface area contributed by atoms with Gasteiger partial charge >= 0.3 is 6.43 Å². The number of anilines is 2. The van der Waals surface area contributed by atoms with Gasteiger partial charge in [0.2, 0.25) is 12.3 Å². The molecule has 1 aliphatic rings. The van der Waals surface area contributed by atoms with Crippen LogP contribution < -0.4 is 10.2 Å². The molecule has 0 atom stereocenters. The summed E-state index contributed by atoms with van der Waals surface area (Å²) in [5.41, 5.74) is 1.88. The number of benzene rings is 1. The van der Waals surface area contributed by atoms with E-state index in [1.165, 1.54) is 50.7 Å². The zero-order chi connectivity index (χ0) is 25.4. The van der Waals surface area contributed by atoms with Crippen LogP contribution in [-0.2, 0) is 11.3 Å². The van der Waals surface area contributed by atoms with Crippen LogP contribution in [0.15, 0.2) is 39.4 Å². The van der Waals surface area contributed by atoms with Gasteiger partial charge in [-0.3, -0.25) is 9.78 Å². The van der Waals surface area contributed by atoms with E-state index in [9.17, 15) is 18.0 Å². The first-order valence-electron chi connectivity index (χ1n) is 10.9. The van der Waals surface area contributed by atoms with E-state index in [1.54, 1.807) is 24.1 Å². The highest BCUT2D eigenvalue weighted by Crippen LogP contribution is 2.32. The molecule has 35 heavy (non-hydrogen) atoms. The number of nitrogens with zero attached hydrogens (tertiary/aromatic N) is 5. The number of nitrogens with one attached hydrogen (secondary N) is 1. The van der Waals surface area contributed by atoms with Crippen molar-refractivity contribution in [1.82, 2.24) is 20.1 Å². The van der Waals surface area contributed by atoms with E-state index >= 15 is 0 Å². The van der Waals surface area contributed by atoms with Crippen molar-refractivity contribution in [2.75, 3.05) is 37.4 Å². The fourth-order valence-corrected chi connectivity index (χ4v) is 3.84. The highest BCUT2D eigenvalue weighted by molar-refractivity contribution is 9.10. The number of halogens is 4. The van der Waals surface area contributed by atoms with Gasteiger partial charge in [-0.05, 0) is 67.1 Å². The van der Waals surface area contributed by atoms with Crippen molar-refractivity contribution in [3.63, 3.8) is 0 Å². The van der Waals surface area contributed by atoms with Crippen LogP contribution in [0.2, 0.25) is 0 Å². The molecule has 8 nitrogen and oxygen atoms in total. The Morgan fingerprint density at radius 1 is 1.23 bits per heavy atom. The summed E-state index contributed by atoms with van der Waals surface area (Å²) < 4.78 is 44.1. The van der Waals surface area contributed by atoms with Gasteiger partial charge < -0.3 is 19.5 Å². The third-order valence-corrected chi connectivity index (χ3v) is 5.95. The molecule has 0 radical (unpaired) electrons. The number of rotatable bonds is 7. The molecule has 1 amide bonds. The Bertz CT molecular complexity index is 1110. The van der Waals surface area contributed by atoms with Crippen molar-refractivity contribution < 1.29 is 22.4 Å². The molecule has 1 fully saturated rings. The van der Waals surface area contributed by atoms with Gasteiger partial charge in [-0.15, -0.1) is 10.2 Å². The van der Waals surface area contributed by atoms with Gasteiger partial charge in [0.25, 0.3) is 5.89 Å². The summed E-state index contributed by atoms with van der Waals surface area (Å²) in [6.07, 6.45) is 3.35. The van der Waals surface area contributed by atoms with Crippen LogP contribution in [0.5, 0.6) is 0 Å². The van der Waals surface area contributed by atoms with E-state index < -0.39 is 18.1 Å². The number of pyridine rings is 1. The van der Waals surface area contributed by atoms with E-state index in [-0.39, 0.29) is 10.4 Å². The molecule has 3 aromatic rings. The van der Waals surface area contributed by atoms with Crippen molar-refractivity contribution in [2.45, 2.75) is 32.2 Å². The first-order valence-corrected chi connectivity index (χ1v) is 11.7. The lowest BCUT2D eigenvalue weighted by Crippen LogP contribution is -2.24. The number of carbonyl (C=O) groups excluding carboxylic acids is 1. The summed E-state index contributed by atoms with van der Waals surface area (Å²) in [6, 6.07) is 6.00. The van der Waals surface area contributed by atoms with E-state index in [0.717, 1.165) is 0 Å². The van der Waals surface area contributed by atoms with Gasteiger partial charge in [-0.25, -0.2) is 4.39 Å². The van der Waals surface area contributed by atoms with E-state index in [1.807, 2.05) is 0 Å². The smallest absolute Gasteiger partial charge is 0.314 e. The fraction of sp³-hybridized carbons (Fsp3) is 0.391. The molecular weight excluding hydrogens is 529 g/mol. The maximum absolute atomic E-state index is 13.9. The summed E-state index contributed by atoms with van der Waals surface area (Å²) in [5.74, 6) is -1.30. The number of likely N-dealkylation sites (tertiary alicyclic amines) is 1. The Morgan fingerprint density at radius 3 is 2.51 bits per heavy atom. The molecule has 3 heterocycles. The monoisotopic (exact) mass is 554 g/mol. The second kappa shape index (κ2) is 12.6. The molecule has 4 rings (SSSR count). The topological polar surface area (TPSA) is 87.4 Å². The predicted molar refractivity (Wildman–Crippen MR) is 130 cm³/mol. The van der Waals surface area contributed by atoms with Gasteiger partial charge in [0, 0.05) is 19.3 Å². The first kappa shape index (κ1) is 26.6. The Labute approximate surface area is 209 Å². The van der Waals surface area contributed by atoms with E-state index in [0.29, 0.717) is 35.6 Å². The van der Waals surface area contributed by atoms with Crippen LogP contribution >= 0.6 is 15.9 Å². The molecule has 188 valence electrons. The minimum atomic E-state index is -2.84. The molecule has 1 aliphatic heterocycles. The Balaban J connectivity index is 0.000000420. The zero-order valence-corrected chi connectivity index (χ0v) is 20.9. The third-order valence-electron chi connectivity index (χ3n) is 5.34. The molecule has 0 unspecified atom stereocenters. The Kier molecular flexibility index (Phi) is 9.61. The van der Waals surface area contributed by atoms with Gasteiger partial charge in [0.1, 0.15) is 5.82 Å². The summed E-state index contributed by atoms with van der Waals surface area (Å²) in [7, 11) is 3.90. The number of hydrogen-bond acceptors (Lipinski definition) is 7.